The number of nitrogens with zero attached hydrogens (tertiary/aromatic N) is 2. The molecule has 4 nitrogen and oxygen atoms in total. The molecule has 0 aliphatic carbocycles. The van der Waals surface area contributed by atoms with E-state index in [1.807, 2.05) is 13.8 Å². The Morgan fingerprint density at radius 3 is 2.75 bits per heavy atom. The van der Waals surface area contributed by atoms with E-state index in [0.29, 0.717) is 12.4 Å². The van der Waals surface area contributed by atoms with Crippen molar-refractivity contribution in [1.82, 2.24) is 9.78 Å². The number of aliphatic hydroxyl groups is 1. The average molecular weight is 169 g/mol. The Hall–Kier alpha value is -1.03. The van der Waals surface area contributed by atoms with Gasteiger partial charge in [-0.3, -0.25) is 4.68 Å². The number of anilines is 1. The van der Waals surface area contributed by atoms with Crippen molar-refractivity contribution in [2.24, 2.45) is 5.92 Å². The highest BCUT2D eigenvalue weighted by Crippen LogP contribution is 2.04. The van der Waals surface area contributed by atoms with Crippen molar-refractivity contribution >= 4 is 5.82 Å². The molecule has 0 radical (unpaired) electrons. The van der Waals surface area contributed by atoms with E-state index in [-0.39, 0.29) is 12.0 Å². The molecule has 1 rings (SSSR count). The molecular formula is C8H15N3O. The molecule has 1 unspecified atom stereocenters. The molecular weight excluding hydrogens is 154 g/mol. The molecule has 0 saturated carbocycles. The number of hydrogen-bond acceptors (Lipinski definition) is 3. The normalized spacial score (nSPS) is 13.7. The van der Waals surface area contributed by atoms with Crippen LogP contribution < -0.4 is 5.73 Å². The molecule has 0 aromatic carbocycles. The van der Waals surface area contributed by atoms with Crippen LogP contribution in [0.2, 0.25) is 0 Å². The van der Waals surface area contributed by atoms with Crippen LogP contribution in [0.5, 0.6) is 0 Å². The summed E-state index contributed by atoms with van der Waals surface area (Å²) in [4.78, 5) is 0. The van der Waals surface area contributed by atoms with E-state index in [0.717, 1.165) is 0 Å². The maximum atomic E-state index is 9.49. The molecule has 0 amide bonds. The lowest BCUT2D eigenvalue weighted by Gasteiger charge is -2.13. The van der Waals surface area contributed by atoms with Crippen LogP contribution in [-0.2, 0) is 6.54 Å². The molecule has 3 N–H and O–H groups in total. The van der Waals surface area contributed by atoms with E-state index < -0.39 is 0 Å². The van der Waals surface area contributed by atoms with Gasteiger partial charge >= 0.3 is 0 Å². The van der Waals surface area contributed by atoms with Crippen LogP contribution in [0.1, 0.15) is 13.8 Å². The van der Waals surface area contributed by atoms with Crippen molar-refractivity contribution in [2.75, 3.05) is 5.73 Å². The molecule has 0 bridgehead atoms. The minimum atomic E-state index is -0.357. The summed E-state index contributed by atoms with van der Waals surface area (Å²) in [5, 5.41) is 13.5. The molecule has 68 valence electrons. The van der Waals surface area contributed by atoms with Gasteiger partial charge in [0, 0.05) is 6.20 Å². The van der Waals surface area contributed by atoms with Gasteiger partial charge in [0.25, 0.3) is 0 Å². The van der Waals surface area contributed by atoms with E-state index >= 15 is 0 Å². The van der Waals surface area contributed by atoms with Crippen molar-refractivity contribution in [2.45, 2.75) is 26.5 Å². The number of aromatic nitrogens is 2. The summed E-state index contributed by atoms with van der Waals surface area (Å²) in [6.45, 7) is 4.45. The van der Waals surface area contributed by atoms with Crippen LogP contribution in [-0.4, -0.2) is 21.0 Å². The lowest BCUT2D eigenvalue weighted by molar-refractivity contribution is 0.103. The monoisotopic (exact) mass is 169 g/mol. The van der Waals surface area contributed by atoms with Crippen LogP contribution in [0, 0.1) is 5.92 Å². The number of nitrogen functional groups attached to an aromatic ring is 1. The molecule has 12 heavy (non-hydrogen) atoms. The standard InChI is InChI=1S/C8H15N3O/c1-6(2)7(12)5-11-4-3-8(9)10-11/h3-4,6-7,12H,5H2,1-2H3,(H2,9,10). The number of nitrogens with two attached hydrogens (primary N) is 1. The number of rotatable bonds is 3. The molecule has 0 saturated heterocycles. The summed E-state index contributed by atoms with van der Waals surface area (Å²) >= 11 is 0. The molecule has 0 aliphatic rings. The van der Waals surface area contributed by atoms with E-state index in [1.165, 1.54) is 0 Å². The third kappa shape index (κ3) is 2.23. The Balaban J connectivity index is 2.52. The van der Waals surface area contributed by atoms with Gasteiger partial charge in [-0.15, -0.1) is 0 Å². The van der Waals surface area contributed by atoms with Gasteiger partial charge in [0.05, 0.1) is 12.6 Å². The second-order valence-electron chi connectivity index (χ2n) is 3.27. The number of aliphatic hydroxyl groups excluding tert-OH is 1. The van der Waals surface area contributed by atoms with Crippen molar-refractivity contribution in [3.63, 3.8) is 0 Å². The van der Waals surface area contributed by atoms with Crippen molar-refractivity contribution in [3.8, 4) is 0 Å². The summed E-state index contributed by atoms with van der Waals surface area (Å²) in [6.07, 6.45) is 1.41. The smallest absolute Gasteiger partial charge is 0.145 e. The first kappa shape index (κ1) is 9.06. The first-order valence-electron chi connectivity index (χ1n) is 4.06. The predicted octanol–water partition coefficient (Wildman–Crippen LogP) is 0.482. The lowest BCUT2D eigenvalue weighted by Crippen LogP contribution is -2.22. The van der Waals surface area contributed by atoms with E-state index in [1.54, 1.807) is 16.9 Å². The van der Waals surface area contributed by atoms with Crippen LogP contribution in [0.25, 0.3) is 0 Å². The highest BCUT2D eigenvalue weighted by atomic mass is 16.3. The highest BCUT2D eigenvalue weighted by Gasteiger charge is 2.09. The Morgan fingerprint density at radius 2 is 2.33 bits per heavy atom. The van der Waals surface area contributed by atoms with Gasteiger partial charge in [0.15, 0.2) is 0 Å². The van der Waals surface area contributed by atoms with Crippen LogP contribution in [0.4, 0.5) is 5.82 Å². The average Bonchev–Trinajstić information content (AvgIpc) is 2.35. The van der Waals surface area contributed by atoms with Gasteiger partial charge < -0.3 is 10.8 Å². The quantitative estimate of drug-likeness (QED) is 0.691. The molecule has 1 aromatic rings. The Kier molecular flexibility index (Phi) is 2.70. The molecule has 0 aliphatic heterocycles. The third-order valence-electron chi connectivity index (χ3n) is 1.80. The zero-order chi connectivity index (χ0) is 9.14. The zero-order valence-electron chi connectivity index (χ0n) is 7.44. The summed E-state index contributed by atoms with van der Waals surface area (Å²) in [5.74, 6) is 0.737. The first-order chi connectivity index (χ1) is 5.59. The summed E-state index contributed by atoms with van der Waals surface area (Å²) in [5.41, 5.74) is 5.42. The lowest BCUT2D eigenvalue weighted by atomic mass is 10.1. The molecule has 1 heterocycles. The fourth-order valence-corrected chi connectivity index (χ4v) is 0.882. The molecule has 4 heteroatoms. The topological polar surface area (TPSA) is 64.1 Å². The fraction of sp³-hybridized carbons (Fsp3) is 0.625. The maximum Gasteiger partial charge on any atom is 0.145 e. The molecule has 1 atom stereocenters. The van der Waals surface area contributed by atoms with Gasteiger partial charge in [-0.1, -0.05) is 13.8 Å². The molecule has 1 aromatic heterocycles. The summed E-state index contributed by atoms with van der Waals surface area (Å²) in [6, 6.07) is 1.72. The minimum Gasteiger partial charge on any atom is -0.391 e. The third-order valence-corrected chi connectivity index (χ3v) is 1.80. The minimum absolute atomic E-state index is 0.246. The van der Waals surface area contributed by atoms with E-state index in [9.17, 15) is 5.11 Å². The van der Waals surface area contributed by atoms with Crippen molar-refractivity contribution in [1.29, 1.82) is 0 Å². The summed E-state index contributed by atoms with van der Waals surface area (Å²) < 4.78 is 1.65. The molecule has 0 spiro atoms. The van der Waals surface area contributed by atoms with Crippen LogP contribution in [0.15, 0.2) is 12.3 Å². The van der Waals surface area contributed by atoms with Gasteiger partial charge in [-0.25, -0.2) is 0 Å². The van der Waals surface area contributed by atoms with Gasteiger partial charge in [0.2, 0.25) is 0 Å². The van der Waals surface area contributed by atoms with Gasteiger partial charge in [0.1, 0.15) is 5.82 Å². The van der Waals surface area contributed by atoms with Crippen LogP contribution in [0.3, 0.4) is 0 Å². The van der Waals surface area contributed by atoms with Crippen LogP contribution >= 0.6 is 0 Å². The van der Waals surface area contributed by atoms with Crippen molar-refractivity contribution < 1.29 is 5.11 Å². The highest BCUT2D eigenvalue weighted by molar-refractivity contribution is 5.23. The Labute approximate surface area is 72.0 Å². The van der Waals surface area contributed by atoms with Crippen molar-refractivity contribution in [3.05, 3.63) is 12.3 Å². The van der Waals surface area contributed by atoms with Gasteiger partial charge in [-0.05, 0) is 12.0 Å². The Morgan fingerprint density at radius 1 is 1.67 bits per heavy atom. The SMILES string of the molecule is CC(C)C(O)Cn1ccc(N)n1. The zero-order valence-corrected chi connectivity index (χ0v) is 7.44. The molecule has 0 fully saturated rings. The second-order valence-corrected chi connectivity index (χ2v) is 3.27. The second kappa shape index (κ2) is 3.58. The fourth-order valence-electron chi connectivity index (χ4n) is 0.882. The Bertz CT molecular complexity index is 244. The first-order valence-corrected chi connectivity index (χ1v) is 4.06. The van der Waals surface area contributed by atoms with E-state index in [2.05, 4.69) is 5.10 Å². The number of hydrogen-bond donors (Lipinski definition) is 2. The van der Waals surface area contributed by atoms with Gasteiger partial charge in [-0.2, -0.15) is 5.10 Å². The van der Waals surface area contributed by atoms with E-state index in [4.69, 9.17) is 5.73 Å². The summed E-state index contributed by atoms with van der Waals surface area (Å²) in [7, 11) is 0. The maximum absolute atomic E-state index is 9.49. The largest absolute Gasteiger partial charge is 0.391 e. The predicted molar refractivity (Wildman–Crippen MR) is 47.5 cm³/mol.